The van der Waals surface area contributed by atoms with Gasteiger partial charge in [-0.05, 0) is 30.2 Å². The van der Waals surface area contributed by atoms with Crippen LogP contribution in [0.15, 0.2) is 24.3 Å². The summed E-state index contributed by atoms with van der Waals surface area (Å²) >= 11 is 0. The highest BCUT2D eigenvalue weighted by molar-refractivity contribution is 6.01. The molecule has 0 fully saturated rings. The maximum Gasteiger partial charge on any atom is 0.156 e. The fourth-order valence-corrected chi connectivity index (χ4v) is 1.56. The SMILES string of the molecule is O=C1C=C(c2ccc(F)cc2F)CC1. The monoisotopic (exact) mass is 194 g/mol. The third kappa shape index (κ3) is 1.58. The van der Waals surface area contributed by atoms with Gasteiger partial charge in [0, 0.05) is 18.1 Å². The summed E-state index contributed by atoms with van der Waals surface area (Å²) in [4.78, 5) is 10.9. The van der Waals surface area contributed by atoms with Gasteiger partial charge in [0.05, 0.1) is 0 Å². The zero-order chi connectivity index (χ0) is 10.1. The molecule has 0 saturated heterocycles. The minimum atomic E-state index is -0.606. The molecule has 72 valence electrons. The van der Waals surface area contributed by atoms with Crippen molar-refractivity contribution < 1.29 is 13.6 Å². The first kappa shape index (κ1) is 9.06. The minimum absolute atomic E-state index is 0.00345. The topological polar surface area (TPSA) is 17.1 Å². The molecule has 0 bridgehead atoms. The lowest BCUT2D eigenvalue weighted by atomic mass is 10.1. The smallest absolute Gasteiger partial charge is 0.156 e. The molecule has 0 radical (unpaired) electrons. The van der Waals surface area contributed by atoms with Gasteiger partial charge in [0.1, 0.15) is 11.6 Å². The molecule has 14 heavy (non-hydrogen) atoms. The summed E-state index contributed by atoms with van der Waals surface area (Å²) in [5.74, 6) is -1.20. The summed E-state index contributed by atoms with van der Waals surface area (Å²) < 4.78 is 25.8. The molecule has 0 atom stereocenters. The second-order valence-corrected chi connectivity index (χ2v) is 3.26. The normalized spacial score (nSPS) is 15.9. The van der Waals surface area contributed by atoms with Crippen molar-refractivity contribution in [3.8, 4) is 0 Å². The van der Waals surface area contributed by atoms with E-state index in [0.29, 0.717) is 24.0 Å². The molecule has 0 aliphatic heterocycles. The molecule has 1 nitrogen and oxygen atoms in total. The Morgan fingerprint density at radius 3 is 2.50 bits per heavy atom. The Hall–Kier alpha value is -1.51. The highest BCUT2D eigenvalue weighted by atomic mass is 19.1. The summed E-state index contributed by atoms with van der Waals surface area (Å²) in [6, 6.07) is 3.40. The molecule has 0 unspecified atom stereocenters. The summed E-state index contributed by atoms with van der Waals surface area (Å²) in [5, 5.41) is 0. The van der Waals surface area contributed by atoms with Crippen LogP contribution >= 0.6 is 0 Å². The lowest BCUT2D eigenvalue weighted by Crippen LogP contribution is -1.88. The van der Waals surface area contributed by atoms with E-state index in [4.69, 9.17) is 0 Å². The molecule has 1 aromatic rings. The average Bonchev–Trinajstić information content (AvgIpc) is 2.51. The van der Waals surface area contributed by atoms with Gasteiger partial charge < -0.3 is 0 Å². The van der Waals surface area contributed by atoms with Crippen molar-refractivity contribution >= 4 is 11.4 Å². The molecular weight excluding hydrogens is 186 g/mol. The van der Waals surface area contributed by atoms with Crippen LogP contribution in [0.4, 0.5) is 8.78 Å². The largest absolute Gasteiger partial charge is 0.295 e. The molecule has 0 aromatic heterocycles. The minimum Gasteiger partial charge on any atom is -0.295 e. The van der Waals surface area contributed by atoms with Crippen molar-refractivity contribution in [1.82, 2.24) is 0 Å². The van der Waals surface area contributed by atoms with E-state index in [1.165, 1.54) is 18.2 Å². The van der Waals surface area contributed by atoms with Crippen LogP contribution in [0, 0.1) is 11.6 Å². The van der Waals surface area contributed by atoms with Crippen LogP contribution in [0.3, 0.4) is 0 Å². The molecule has 1 aromatic carbocycles. The maximum atomic E-state index is 13.2. The van der Waals surface area contributed by atoms with Gasteiger partial charge in [-0.2, -0.15) is 0 Å². The summed E-state index contributed by atoms with van der Waals surface area (Å²) in [6.07, 6.45) is 2.39. The van der Waals surface area contributed by atoms with Gasteiger partial charge in [-0.1, -0.05) is 0 Å². The Labute approximate surface area is 80.1 Å². The number of ketones is 1. The molecule has 0 spiro atoms. The Morgan fingerprint density at radius 2 is 1.93 bits per heavy atom. The van der Waals surface area contributed by atoms with Crippen LogP contribution in [0.2, 0.25) is 0 Å². The molecule has 3 heteroatoms. The molecule has 0 heterocycles. The standard InChI is InChI=1S/C11H8F2O/c12-8-2-4-10(11(13)6-8)7-1-3-9(14)5-7/h2,4-6H,1,3H2. The van der Waals surface area contributed by atoms with Crippen molar-refractivity contribution in [2.45, 2.75) is 12.8 Å². The summed E-state index contributed by atoms with van der Waals surface area (Å²) in [6.45, 7) is 0. The number of carbonyl (C=O) groups excluding carboxylic acids is 1. The maximum absolute atomic E-state index is 13.2. The number of halogens is 2. The fraction of sp³-hybridized carbons (Fsp3) is 0.182. The first-order valence-corrected chi connectivity index (χ1v) is 4.35. The molecule has 1 aliphatic rings. The highest BCUT2D eigenvalue weighted by Gasteiger charge is 2.16. The van der Waals surface area contributed by atoms with E-state index in [1.807, 2.05) is 0 Å². The molecule has 0 amide bonds. The van der Waals surface area contributed by atoms with Gasteiger partial charge in [0.15, 0.2) is 5.78 Å². The highest BCUT2D eigenvalue weighted by Crippen LogP contribution is 2.27. The van der Waals surface area contributed by atoms with Crippen LogP contribution in [0.1, 0.15) is 18.4 Å². The quantitative estimate of drug-likeness (QED) is 0.671. The number of rotatable bonds is 1. The molecule has 0 saturated carbocycles. The van der Waals surface area contributed by atoms with Gasteiger partial charge in [0.2, 0.25) is 0 Å². The average molecular weight is 194 g/mol. The Balaban J connectivity index is 2.42. The van der Waals surface area contributed by atoms with Gasteiger partial charge >= 0.3 is 0 Å². The van der Waals surface area contributed by atoms with Gasteiger partial charge in [-0.15, -0.1) is 0 Å². The molecule has 2 rings (SSSR count). The third-order valence-electron chi connectivity index (χ3n) is 2.25. The Morgan fingerprint density at radius 1 is 1.14 bits per heavy atom. The predicted octanol–water partition coefficient (Wildman–Crippen LogP) is 2.71. The van der Waals surface area contributed by atoms with Crippen molar-refractivity contribution in [3.63, 3.8) is 0 Å². The van der Waals surface area contributed by atoms with Gasteiger partial charge in [-0.25, -0.2) is 8.78 Å². The lowest BCUT2D eigenvalue weighted by Gasteiger charge is -2.02. The molecular formula is C11H8F2O. The van der Waals surface area contributed by atoms with E-state index in [2.05, 4.69) is 0 Å². The first-order chi connectivity index (χ1) is 6.66. The zero-order valence-corrected chi connectivity index (χ0v) is 7.39. The van der Waals surface area contributed by atoms with Crippen molar-refractivity contribution in [3.05, 3.63) is 41.5 Å². The number of hydrogen-bond acceptors (Lipinski definition) is 1. The number of hydrogen-bond donors (Lipinski definition) is 0. The van der Waals surface area contributed by atoms with Gasteiger partial charge in [-0.3, -0.25) is 4.79 Å². The van der Waals surface area contributed by atoms with Crippen LogP contribution < -0.4 is 0 Å². The number of allylic oxidation sites excluding steroid dienone is 2. The van der Waals surface area contributed by atoms with E-state index >= 15 is 0 Å². The van der Waals surface area contributed by atoms with Crippen LogP contribution in [-0.4, -0.2) is 5.78 Å². The van der Waals surface area contributed by atoms with Crippen molar-refractivity contribution in [2.75, 3.05) is 0 Å². The van der Waals surface area contributed by atoms with Gasteiger partial charge in [0.25, 0.3) is 0 Å². The number of benzene rings is 1. The van der Waals surface area contributed by atoms with Crippen molar-refractivity contribution in [1.29, 1.82) is 0 Å². The fourth-order valence-electron chi connectivity index (χ4n) is 1.56. The zero-order valence-electron chi connectivity index (χ0n) is 7.39. The van der Waals surface area contributed by atoms with E-state index in [9.17, 15) is 13.6 Å². The molecule has 1 aliphatic carbocycles. The van der Waals surface area contributed by atoms with E-state index in [0.717, 1.165) is 6.07 Å². The van der Waals surface area contributed by atoms with E-state index in [1.54, 1.807) is 0 Å². The molecule has 0 N–H and O–H groups in total. The van der Waals surface area contributed by atoms with Crippen LogP contribution in [0.5, 0.6) is 0 Å². The van der Waals surface area contributed by atoms with Crippen molar-refractivity contribution in [2.24, 2.45) is 0 Å². The van der Waals surface area contributed by atoms with Crippen LogP contribution in [0.25, 0.3) is 5.57 Å². The Bertz CT molecular complexity index is 421. The second kappa shape index (κ2) is 3.33. The van der Waals surface area contributed by atoms with E-state index in [-0.39, 0.29) is 5.78 Å². The van der Waals surface area contributed by atoms with Crippen LogP contribution in [-0.2, 0) is 4.79 Å². The first-order valence-electron chi connectivity index (χ1n) is 4.35. The number of carbonyl (C=O) groups is 1. The second-order valence-electron chi connectivity index (χ2n) is 3.26. The van der Waals surface area contributed by atoms with E-state index < -0.39 is 11.6 Å². The summed E-state index contributed by atoms with van der Waals surface area (Å²) in [7, 11) is 0. The Kier molecular flexibility index (Phi) is 2.15. The lowest BCUT2D eigenvalue weighted by molar-refractivity contribution is -0.114. The predicted molar refractivity (Wildman–Crippen MR) is 48.6 cm³/mol. The third-order valence-corrected chi connectivity index (χ3v) is 2.25. The summed E-state index contributed by atoms with van der Waals surface area (Å²) in [5.41, 5.74) is 0.991.